The number of rotatable bonds is 2. The molecule has 1 aromatic carbocycles. The van der Waals surface area contributed by atoms with Crippen molar-refractivity contribution < 1.29 is 8.78 Å². The van der Waals surface area contributed by atoms with Crippen LogP contribution in [0, 0.1) is 6.92 Å². The van der Waals surface area contributed by atoms with E-state index in [-0.39, 0.29) is 12.4 Å². The Kier molecular flexibility index (Phi) is 3.88. The molecule has 0 aliphatic heterocycles. The van der Waals surface area contributed by atoms with Gasteiger partial charge in [0.25, 0.3) is 6.43 Å². The third kappa shape index (κ3) is 2.03. The zero-order valence-corrected chi connectivity index (χ0v) is 9.52. The third-order valence-electron chi connectivity index (χ3n) is 2.55. The van der Waals surface area contributed by atoms with Crippen LogP contribution in [0.4, 0.5) is 8.78 Å². The lowest BCUT2D eigenvalue weighted by molar-refractivity contribution is 0.116. The Morgan fingerprint density at radius 1 is 1.25 bits per heavy atom. The van der Waals surface area contributed by atoms with Gasteiger partial charge >= 0.3 is 0 Å². The zero-order valence-electron chi connectivity index (χ0n) is 8.71. The summed E-state index contributed by atoms with van der Waals surface area (Å²) in [6, 6.07) is 6.11. The van der Waals surface area contributed by atoms with E-state index >= 15 is 0 Å². The van der Waals surface area contributed by atoms with Gasteiger partial charge in [0.1, 0.15) is 0 Å². The van der Waals surface area contributed by atoms with Crippen molar-refractivity contribution in [3.8, 4) is 0 Å². The van der Waals surface area contributed by atoms with Crippen molar-refractivity contribution >= 4 is 23.3 Å². The van der Waals surface area contributed by atoms with E-state index in [0.29, 0.717) is 11.3 Å². The van der Waals surface area contributed by atoms with Gasteiger partial charge in [-0.1, -0.05) is 18.2 Å². The highest BCUT2D eigenvalue weighted by Gasteiger charge is 2.22. The van der Waals surface area contributed by atoms with Crippen LogP contribution in [0.5, 0.6) is 0 Å². The number of nitrogens with two attached hydrogens (primary N) is 1. The summed E-state index contributed by atoms with van der Waals surface area (Å²) in [5, 5.41) is 0.780. The van der Waals surface area contributed by atoms with Gasteiger partial charge in [0, 0.05) is 22.2 Å². The largest absolute Gasteiger partial charge is 0.358 e. The van der Waals surface area contributed by atoms with Crippen LogP contribution in [0.3, 0.4) is 0 Å². The molecule has 5 heteroatoms. The van der Waals surface area contributed by atoms with Gasteiger partial charge in [0.2, 0.25) is 0 Å². The van der Waals surface area contributed by atoms with Gasteiger partial charge in [-0.3, -0.25) is 0 Å². The second-order valence-corrected chi connectivity index (χ2v) is 3.57. The smallest absolute Gasteiger partial charge is 0.257 e. The lowest BCUT2D eigenvalue weighted by Crippen LogP contribution is -2.19. The van der Waals surface area contributed by atoms with Gasteiger partial charge in [-0.05, 0) is 13.0 Å². The van der Waals surface area contributed by atoms with Gasteiger partial charge < -0.3 is 10.7 Å². The predicted molar refractivity (Wildman–Crippen MR) is 63.2 cm³/mol. The van der Waals surface area contributed by atoms with Crippen molar-refractivity contribution in [2.24, 2.45) is 5.73 Å². The first kappa shape index (κ1) is 12.9. The summed E-state index contributed by atoms with van der Waals surface area (Å²) in [4.78, 5) is 3.05. The van der Waals surface area contributed by atoms with Crippen molar-refractivity contribution in [2.75, 3.05) is 0 Å². The first-order chi connectivity index (χ1) is 7.11. The first-order valence-electron chi connectivity index (χ1n) is 4.72. The number of hydrogen-bond donors (Lipinski definition) is 2. The highest BCUT2D eigenvalue weighted by atomic mass is 35.5. The van der Waals surface area contributed by atoms with E-state index in [9.17, 15) is 8.78 Å². The van der Waals surface area contributed by atoms with E-state index in [4.69, 9.17) is 5.73 Å². The molecule has 0 aliphatic carbocycles. The molecule has 0 saturated carbocycles. The molecule has 1 heterocycles. The standard InChI is InChI=1S/C11H12F2N2.ClH/c1-6-9(10(14)11(12)13)7-4-2-3-5-8(7)15-6;/h2-5,10-11,15H,14H2,1H3;1H/t10-;/m0./s1. The van der Waals surface area contributed by atoms with Crippen LogP contribution in [0.15, 0.2) is 24.3 Å². The number of alkyl halides is 2. The predicted octanol–water partition coefficient (Wildman–Crippen LogP) is 3.16. The maximum atomic E-state index is 12.6. The normalized spacial score (nSPS) is 12.8. The second kappa shape index (κ2) is 4.80. The van der Waals surface area contributed by atoms with Crippen molar-refractivity contribution in [1.29, 1.82) is 0 Å². The van der Waals surface area contributed by atoms with Gasteiger partial charge in [0.15, 0.2) is 0 Å². The minimum atomic E-state index is -2.54. The number of para-hydroxylation sites is 1. The van der Waals surface area contributed by atoms with Crippen molar-refractivity contribution in [3.05, 3.63) is 35.5 Å². The number of fused-ring (bicyclic) bond motifs is 1. The molecule has 0 bridgehead atoms. The average Bonchev–Trinajstić information content (AvgIpc) is 2.52. The van der Waals surface area contributed by atoms with Crippen LogP contribution in [0.2, 0.25) is 0 Å². The number of benzene rings is 1. The Hall–Kier alpha value is -1.13. The number of aromatic amines is 1. The summed E-state index contributed by atoms with van der Waals surface area (Å²) in [7, 11) is 0. The molecule has 1 aromatic heterocycles. The molecule has 0 saturated heterocycles. The van der Waals surface area contributed by atoms with Gasteiger partial charge in [-0.25, -0.2) is 8.78 Å². The Bertz CT molecular complexity index is 482. The van der Waals surface area contributed by atoms with E-state index in [2.05, 4.69) is 4.98 Å². The summed E-state index contributed by atoms with van der Waals surface area (Å²) in [5.74, 6) is 0. The van der Waals surface area contributed by atoms with E-state index in [1.54, 1.807) is 13.0 Å². The maximum Gasteiger partial charge on any atom is 0.257 e. The lowest BCUT2D eigenvalue weighted by Gasteiger charge is -2.10. The van der Waals surface area contributed by atoms with Crippen molar-refractivity contribution in [1.82, 2.24) is 4.98 Å². The highest BCUT2D eigenvalue weighted by Crippen LogP contribution is 2.29. The summed E-state index contributed by atoms with van der Waals surface area (Å²) < 4.78 is 25.1. The fourth-order valence-corrected chi connectivity index (χ4v) is 1.85. The Morgan fingerprint density at radius 2 is 1.88 bits per heavy atom. The van der Waals surface area contributed by atoms with Gasteiger partial charge in [-0.2, -0.15) is 0 Å². The van der Waals surface area contributed by atoms with Crippen LogP contribution in [-0.2, 0) is 0 Å². The Labute approximate surface area is 98.2 Å². The van der Waals surface area contributed by atoms with Crippen LogP contribution in [0.1, 0.15) is 17.3 Å². The molecule has 0 amide bonds. The highest BCUT2D eigenvalue weighted by molar-refractivity contribution is 5.85. The minimum Gasteiger partial charge on any atom is -0.358 e. The molecule has 0 spiro atoms. The average molecular weight is 247 g/mol. The van der Waals surface area contributed by atoms with Crippen molar-refractivity contribution in [3.63, 3.8) is 0 Å². The molecule has 3 N–H and O–H groups in total. The van der Waals surface area contributed by atoms with E-state index < -0.39 is 12.5 Å². The first-order valence-corrected chi connectivity index (χ1v) is 4.72. The third-order valence-corrected chi connectivity index (χ3v) is 2.55. The monoisotopic (exact) mass is 246 g/mol. The number of nitrogens with one attached hydrogen (secondary N) is 1. The molecule has 2 rings (SSSR count). The Morgan fingerprint density at radius 3 is 2.50 bits per heavy atom. The molecular formula is C11H13ClF2N2. The van der Waals surface area contributed by atoms with Gasteiger partial charge in [-0.15, -0.1) is 12.4 Å². The summed E-state index contributed by atoms with van der Waals surface area (Å²) >= 11 is 0. The molecule has 1 atom stereocenters. The summed E-state index contributed by atoms with van der Waals surface area (Å²) in [6.07, 6.45) is -2.54. The zero-order chi connectivity index (χ0) is 11.0. The molecular weight excluding hydrogens is 234 g/mol. The molecule has 0 radical (unpaired) electrons. The number of aromatic nitrogens is 1. The minimum absolute atomic E-state index is 0. The number of hydrogen-bond acceptors (Lipinski definition) is 1. The van der Waals surface area contributed by atoms with E-state index in [0.717, 1.165) is 10.9 Å². The van der Waals surface area contributed by atoms with Crippen LogP contribution in [0.25, 0.3) is 10.9 Å². The summed E-state index contributed by atoms with van der Waals surface area (Å²) in [6.45, 7) is 1.76. The second-order valence-electron chi connectivity index (χ2n) is 3.57. The van der Waals surface area contributed by atoms with Gasteiger partial charge in [0.05, 0.1) is 6.04 Å². The van der Waals surface area contributed by atoms with E-state index in [1.165, 1.54) is 0 Å². The van der Waals surface area contributed by atoms with Crippen LogP contribution >= 0.6 is 12.4 Å². The fourth-order valence-electron chi connectivity index (χ4n) is 1.85. The molecule has 2 nitrogen and oxygen atoms in total. The topological polar surface area (TPSA) is 41.8 Å². The molecule has 16 heavy (non-hydrogen) atoms. The van der Waals surface area contributed by atoms with Crippen molar-refractivity contribution in [2.45, 2.75) is 19.4 Å². The SMILES string of the molecule is Cc1[nH]c2ccccc2c1[C@H](N)C(F)F.Cl. The van der Waals surface area contributed by atoms with Crippen LogP contribution < -0.4 is 5.73 Å². The summed E-state index contributed by atoms with van der Waals surface area (Å²) in [5.41, 5.74) is 7.55. The van der Waals surface area contributed by atoms with E-state index in [1.807, 2.05) is 18.2 Å². The molecule has 0 fully saturated rings. The number of aryl methyl sites for hydroxylation is 1. The molecule has 2 aromatic rings. The lowest BCUT2D eigenvalue weighted by atomic mass is 10.0. The number of H-pyrrole nitrogens is 1. The van der Waals surface area contributed by atoms with Crippen LogP contribution in [-0.4, -0.2) is 11.4 Å². The fraction of sp³-hybridized carbons (Fsp3) is 0.273. The molecule has 0 aliphatic rings. The number of halogens is 3. The molecule has 88 valence electrons. The molecule has 0 unspecified atom stereocenters. The quantitative estimate of drug-likeness (QED) is 0.840. The Balaban J connectivity index is 0.00000128. The maximum absolute atomic E-state index is 12.6.